The van der Waals surface area contributed by atoms with Crippen molar-refractivity contribution in [3.8, 4) is 0 Å². The van der Waals surface area contributed by atoms with Crippen molar-refractivity contribution in [3.05, 3.63) is 77.4 Å². The van der Waals surface area contributed by atoms with Gasteiger partial charge in [0.15, 0.2) is 0 Å². The number of esters is 1. The molecule has 0 N–H and O–H groups in total. The highest BCUT2D eigenvalue weighted by Crippen LogP contribution is 2.07. The summed E-state index contributed by atoms with van der Waals surface area (Å²) in [6.45, 7) is 5.06. The van der Waals surface area contributed by atoms with Gasteiger partial charge in [0.05, 0.1) is 13.0 Å². The van der Waals surface area contributed by atoms with E-state index in [4.69, 9.17) is 4.74 Å². The molecule has 0 atom stereocenters. The van der Waals surface area contributed by atoms with Crippen LogP contribution in [0.3, 0.4) is 0 Å². The zero-order chi connectivity index (χ0) is 19.5. The number of hydrogen-bond donors (Lipinski definition) is 0. The highest BCUT2D eigenvalue weighted by molar-refractivity contribution is 5.92. The number of benzene rings is 2. The topological polar surface area (TPSA) is 46.6 Å². The number of nitrogens with zero attached hydrogens (tertiary/aromatic N) is 1. The van der Waals surface area contributed by atoms with Crippen LogP contribution in [0.25, 0.3) is 6.08 Å². The van der Waals surface area contributed by atoms with Gasteiger partial charge in [-0.3, -0.25) is 9.59 Å². The second-order valence-electron chi connectivity index (χ2n) is 6.36. The predicted molar refractivity (Wildman–Crippen MR) is 108 cm³/mol. The third-order valence-electron chi connectivity index (χ3n) is 4.21. The average molecular weight is 365 g/mol. The summed E-state index contributed by atoms with van der Waals surface area (Å²) < 4.78 is 4.98. The van der Waals surface area contributed by atoms with Crippen molar-refractivity contribution >= 4 is 18.0 Å². The largest absolute Gasteiger partial charge is 0.466 e. The number of carbonyl (C=O) groups excluding carboxylic acids is 2. The molecule has 0 fully saturated rings. The van der Waals surface area contributed by atoms with Crippen molar-refractivity contribution in [2.75, 3.05) is 19.7 Å². The molecular weight excluding hydrogens is 338 g/mol. The summed E-state index contributed by atoms with van der Waals surface area (Å²) in [5, 5.41) is 0. The Morgan fingerprint density at radius 1 is 1.00 bits per heavy atom. The molecule has 0 aliphatic rings. The molecule has 0 aromatic heterocycles. The van der Waals surface area contributed by atoms with Gasteiger partial charge in [-0.2, -0.15) is 0 Å². The Morgan fingerprint density at radius 2 is 1.70 bits per heavy atom. The summed E-state index contributed by atoms with van der Waals surface area (Å²) >= 11 is 0. The summed E-state index contributed by atoms with van der Waals surface area (Å²) in [5.74, 6) is -0.381. The first-order valence-electron chi connectivity index (χ1n) is 9.31. The van der Waals surface area contributed by atoms with Crippen molar-refractivity contribution < 1.29 is 14.3 Å². The molecule has 0 aliphatic carbocycles. The number of carbonyl (C=O) groups is 2. The molecule has 1 amide bonds. The molecule has 4 nitrogen and oxygen atoms in total. The molecule has 0 saturated carbocycles. The molecule has 0 aliphatic heterocycles. The molecule has 2 aromatic carbocycles. The second kappa shape index (κ2) is 11.0. The van der Waals surface area contributed by atoms with E-state index in [0.717, 1.165) is 17.5 Å². The van der Waals surface area contributed by atoms with Gasteiger partial charge in [0.25, 0.3) is 0 Å². The first-order valence-corrected chi connectivity index (χ1v) is 9.31. The van der Waals surface area contributed by atoms with E-state index in [-0.39, 0.29) is 18.3 Å². The molecule has 0 spiro atoms. The van der Waals surface area contributed by atoms with Gasteiger partial charge in [0.2, 0.25) is 5.91 Å². The van der Waals surface area contributed by atoms with E-state index >= 15 is 0 Å². The Kier molecular flexibility index (Phi) is 8.30. The maximum Gasteiger partial charge on any atom is 0.307 e. The molecule has 0 unspecified atom stereocenters. The summed E-state index contributed by atoms with van der Waals surface area (Å²) in [5.41, 5.74) is 3.31. The molecular formula is C23H27NO3. The quantitative estimate of drug-likeness (QED) is 0.498. The van der Waals surface area contributed by atoms with Gasteiger partial charge in [-0.25, -0.2) is 0 Å². The average Bonchev–Trinajstić information content (AvgIpc) is 2.68. The van der Waals surface area contributed by atoms with E-state index in [1.54, 1.807) is 17.9 Å². The standard InChI is InChI=1S/C23H27NO3/c1-3-27-23(26)16-18-24(17-15-20-7-5-4-6-8-20)22(25)14-13-21-11-9-19(2)10-12-21/h4-14H,3,15-18H2,1-2H3/b14-13+. The fourth-order valence-corrected chi connectivity index (χ4v) is 2.65. The zero-order valence-electron chi connectivity index (χ0n) is 16.1. The van der Waals surface area contributed by atoms with Crippen LogP contribution in [0.1, 0.15) is 30.0 Å². The van der Waals surface area contributed by atoms with Crippen LogP contribution in [-0.4, -0.2) is 36.5 Å². The van der Waals surface area contributed by atoms with Crippen molar-refractivity contribution in [1.82, 2.24) is 4.90 Å². The van der Waals surface area contributed by atoms with Gasteiger partial charge in [-0.15, -0.1) is 0 Å². The maximum atomic E-state index is 12.7. The minimum atomic E-state index is -0.280. The maximum absolute atomic E-state index is 12.7. The highest BCUT2D eigenvalue weighted by atomic mass is 16.5. The van der Waals surface area contributed by atoms with Gasteiger partial charge >= 0.3 is 5.97 Å². The van der Waals surface area contributed by atoms with E-state index in [0.29, 0.717) is 19.7 Å². The lowest BCUT2D eigenvalue weighted by Gasteiger charge is -2.21. The van der Waals surface area contributed by atoms with E-state index in [2.05, 4.69) is 0 Å². The molecule has 0 heterocycles. The van der Waals surface area contributed by atoms with Crippen molar-refractivity contribution in [2.24, 2.45) is 0 Å². The summed E-state index contributed by atoms with van der Waals surface area (Å²) in [6, 6.07) is 18.0. The van der Waals surface area contributed by atoms with Crippen LogP contribution in [0.15, 0.2) is 60.7 Å². The number of aryl methyl sites for hydroxylation is 1. The van der Waals surface area contributed by atoms with Crippen molar-refractivity contribution in [1.29, 1.82) is 0 Å². The van der Waals surface area contributed by atoms with E-state index < -0.39 is 0 Å². The van der Waals surface area contributed by atoms with Crippen LogP contribution in [0.5, 0.6) is 0 Å². The minimum Gasteiger partial charge on any atom is -0.466 e. The Balaban J connectivity index is 2.00. The lowest BCUT2D eigenvalue weighted by Crippen LogP contribution is -2.33. The first kappa shape index (κ1) is 20.4. The SMILES string of the molecule is CCOC(=O)CCN(CCc1ccccc1)C(=O)/C=C/c1ccc(C)cc1. The Labute approximate surface area is 161 Å². The molecule has 27 heavy (non-hydrogen) atoms. The van der Waals surface area contributed by atoms with Crippen molar-refractivity contribution in [3.63, 3.8) is 0 Å². The Hall–Kier alpha value is -2.88. The molecule has 142 valence electrons. The molecule has 0 saturated heterocycles. The van der Waals surface area contributed by atoms with Gasteiger partial charge < -0.3 is 9.64 Å². The van der Waals surface area contributed by atoms with E-state index in [1.165, 1.54) is 5.56 Å². The van der Waals surface area contributed by atoms with Crippen LogP contribution in [0.4, 0.5) is 0 Å². The Bertz CT molecular complexity index is 751. The van der Waals surface area contributed by atoms with Gasteiger partial charge in [0, 0.05) is 19.2 Å². The number of amides is 1. The predicted octanol–water partition coefficient (Wildman–Crippen LogP) is 4.03. The summed E-state index contributed by atoms with van der Waals surface area (Å²) in [6.07, 6.45) is 4.32. The van der Waals surface area contributed by atoms with Crippen LogP contribution >= 0.6 is 0 Å². The minimum absolute atomic E-state index is 0.101. The van der Waals surface area contributed by atoms with Crippen LogP contribution < -0.4 is 0 Å². The molecule has 2 rings (SSSR count). The second-order valence-corrected chi connectivity index (χ2v) is 6.36. The fourth-order valence-electron chi connectivity index (χ4n) is 2.65. The van der Waals surface area contributed by atoms with Gasteiger partial charge in [-0.05, 0) is 37.5 Å². The first-order chi connectivity index (χ1) is 13.1. The smallest absolute Gasteiger partial charge is 0.307 e. The highest BCUT2D eigenvalue weighted by Gasteiger charge is 2.13. The van der Waals surface area contributed by atoms with E-state index in [9.17, 15) is 9.59 Å². The summed E-state index contributed by atoms with van der Waals surface area (Å²) in [7, 11) is 0. The lowest BCUT2D eigenvalue weighted by molar-refractivity contribution is -0.143. The Morgan fingerprint density at radius 3 is 2.37 bits per heavy atom. The lowest BCUT2D eigenvalue weighted by atomic mass is 10.1. The number of rotatable bonds is 9. The third kappa shape index (κ3) is 7.48. The third-order valence-corrected chi connectivity index (χ3v) is 4.21. The van der Waals surface area contributed by atoms with Crippen LogP contribution in [0, 0.1) is 6.92 Å². The van der Waals surface area contributed by atoms with Crippen LogP contribution in [0.2, 0.25) is 0 Å². The normalized spacial score (nSPS) is 10.7. The molecule has 2 aromatic rings. The van der Waals surface area contributed by atoms with Gasteiger partial charge in [0.1, 0.15) is 0 Å². The van der Waals surface area contributed by atoms with E-state index in [1.807, 2.05) is 67.6 Å². The summed E-state index contributed by atoms with van der Waals surface area (Å²) in [4.78, 5) is 26.0. The monoisotopic (exact) mass is 365 g/mol. The molecule has 0 radical (unpaired) electrons. The number of ether oxygens (including phenoxy) is 1. The van der Waals surface area contributed by atoms with Crippen molar-refractivity contribution in [2.45, 2.75) is 26.7 Å². The van der Waals surface area contributed by atoms with Gasteiger partial charge in [-0.1, -0.05) is 60.2 Å². The van der Waals surface area contributed by atoms with Crippen LogP contribution in [-0.2, 0) is 20.7 Å². The molecule has 4 heteroatoms. The molecule has 0 bridgehead atoms. The zero-order valence-corrected chi connectivity index (χ0v) is 16.1. The fraction of sp³-hybridized carbons (Fsp3) is 0.304. The number of hydrogen-bond acceptors (Lipinski definition) is 3.